The van der Waals surface area contributed by atoms with Crippen molar-refractivity contribution in [3.8, 4) is 0 Å². The van der Waals surface area contributed by atoms with Gasteiger partial charge in [0, 0.05) is 31.1 Å². The minimum absolute atomic E-state index is 0.0912. The SMILES string of the molecule is CCCCCCCCCCCCCCCCCC(=O)OCC(OC(=O)CCCCCCCCCCCCCCCCC)O[P+](=O)OCCNC(=O)CC(C)(C)OCCC(C)(C)OC. The van der Waals surface area contributed by atoms with Crippen molar-refractivity contribution < 1.29 is 46.9 Å². The Morgan fingerprint density at radius 1 is 0.540 bits per heavy atom. The molecule has 0 aliphatic carbocycles. The number of hydrogen-bond acceptors (Lipinski definition) is 10. The highest BCUT2D eigenvalue weighted by molar-refractivity contribution is 7.33. The summed E-state index contributed by atoms with van der Waals surface area (Å²) < 4.78 is 45.7. The lowest BCUT2D eigenvalue weighted by atomic mass is 10.0. The summed E-state index contributed by atoms with van der Waals surface area (Å²) in [6.45, 7) is 12.2. The minimum atomic E-state index is -2.73. The van der Waals surface area contributed by atoms with Gasteiger partial charge < -0.3 is 24.3 Å². The quantitative estimate of drug-likeness (QED) is 0.0272. The minimum Gasteiger partial charge on any atom is -0.459 e. The largest absolute Gasteiger partial charge is 0.701 e. The van der Waals surface area contributed by atoms with Crippen LogP contribution in [0.15, 0.2) is 0 Å². The molecule has 0 spiro atoms. The molecule has 1 N–H and O–H groups in total. The molecule has 63 heavy (non-hydrogen) atoms. The second-order valence-electron chi connectivity index (χ2n) is 19.0. The van der Waals surface area contributed by atoms with Gasteiger partial charge in [0.05, 0.1) is 24.2 Å². The van der Waals surface area contributed by atoms with Crippen molar-refractivity contribution in [3.05, 3.63) is 0 Å². The van der Waals surface area contributed by atoms with Crippen LogP contribution in [-0.2, 0) is 46.9 Å². The Morgan fingerprint density at radius 2 is 0.937 bits per heavy atom. The highest BCUT2D eigenvalue weighted by Gasteiger charge is 2.32. The van der Waals surface area contributed by atoms with E-state index in [1.807, 2.05) is 27.7 Å². The monoisotopic (exact) mass is 917 g/mol. The number of carbonyl (C=O) groups is 3. The fourth-order valence-corrected chi connectivity index (χ4v) is 8.02. The molecule has 2 atom stereocenters. The molecule has 372 valence electrons. The van der Waals surface area contributed by atoms with E-state index in [2.05, 4.69) is 19.2 Å². The molecular formula is C51H99NO10P+. The molecule has 12 heteroatoms. The molecule has 0 aromatic carbocycles. The van der Waals surface area contributed by atoms with Crippen LogP contribution in [-0.4, -0.2) is 68.8 Å². The van der Waals surface area contributed by atoms with Gasteiger partial charge in [-0.2, -0.15) is 0 Å². The number of rotatable bonds is 48. The Kier molecular flexibility index (Phi) is 41.8. The van der Waals surface area contributed by atoms with Crippen LogP contribution in [0.1, 0.15) is 260 Å². The zero-order valence-electron chi connectivity index (χ0n) is 42.0. The molecule has 0 fully saturated rings. The van der Waals surface area contributed by atoms with E-state index in [1.165, 1.54) is 148 Å². The van der Waals surface area contributed by atoms with Gasteiger partial charge in [0.2, 0.25) is 5.91 Å². The maximum absolute atomic E-state index is 12.8. The summed E-state index contributed by atoms with van der Waals surface area (Å²) in [7, 11) is -1.07. The summed E-state index contributed by atoms with van der Waals surface area (Å²) in [5.41, 5.74) is -1.000. The molecule has 0 aliphatic rings. The lowest BCUT2D eigenvalue weighted by Gasteiger charge is -2.28. The van der Waals surface area contributed by atoms with Gasteiger partial charge in [-0.3, -0.25) is 14.4 Å². The summed E-state index contributed by atoms with van der Waals surface area (Å²) in [5.74, 6) is -1.15. The molecule has 0 bridgehead atoms. The first-order chi connectivity index (χ1) is 30.3. The highest BCUT2D eigenvalue weighted by atomic mass is 31.1. The van der Waals surface area contributed by atoms with Crippen LogP contribution in [0.25, 0.3) is 0 Å². The average molecular weight is 917 g/mol. The van der Waals surface area contributed by atoms with E-state index in [1.54, 1.807) is 7.11 Å². The van der Waals surface area contributed by atoms with Crippen molar-refractivity contribution in [3.63, 3.8) is 0 Å². The van der Waals surface area contributed by atoms with Gasteiger partial charge in [-0.25, -0.2) is 0 Å². The molecule has 0 aliphatic heterocycles. The Morgan fingerprint density at radius 3 is 1.35 bits per heavy atom. The number of esters is 2. The molecular weight excluding hydrogens is 818 g/mol. The number of amides is 1. The summed E-state index contributed by atoms with van der Waals surface area (Å²) in [6, 6.07) is 0. The molecule has 1 amide bonds. The van der Waals surface area contributed by atoms with Crippen LogP contribution in [0, 0.1) is 0 Å². The predicted octanol–water partition coefficient (Wildman–Crippen LogP) is 14.7. The molecule has 0 aromatic rings. The zero-order valence-corrected chi connectivity index (χ0v) is 42.9. The van der Waals surface area contributed by atoms with Crippen LogP contribution in [0.3, 0.4) is 0 Å². The molecule has 0 heterocycles. The van der Waals surface area contributed by atoms with Gasteiger partial charge in [-0.15, -0.1) is 4.52 Å². The Bertz CT molecular complexity index is 1100. The van der Waals surface area contributed by atoms with Crippen LogP contribution in [0.2, 0.25) is 0 Å². The maximum atomic E-state index is 12.8. The van der Waals surface area contributed by atoms with E-state index < -0.39 is 32.1 Å². The standard InChI is InChI=1S/C51H98NO10P/c1-8-10-12-14-16-18-20-22-24-26-28-30-32-34-36-38-47(54)58-45-49(61-48(55)39-37-35-33-31-29-27-25-23-21-19-17-15-13-11-9-2)62-63(56)60-43-41-52-46(53)44-51(5,6)59-42-40-50(3,4)57-7/h49H,8-45H2,1-7H3/p+1. The van der Waals surface area contributed by atoms with Gasteiger partial charge in [0.25, 0.3) is 6.29 Å². The topological polar surface area (TPSA) is 136 Å². The van der Waals surface area contributed by atoms with Crippen LogP contribution in [0.4, 0.5) is 0 Å². The molecule has 0 rings (SSSR count). The van der Waals surface area contributed by atoms with Crippen molar-refractivity contribution >= 4 is 26.1 Å². The van der Waals surface area contributed by atoms with E-state index >= 15 is 0 Å². The number of methoxy groups -OCH3 is 1. The van der Waals surface area contributed by atoms with Gasteiger partial charge in [0.1, 0.15) is 6.61 Å². The summed E-state index contributed by atoms with van der Waals surface area (Å²) in [6.07, 6.45) is 37.0. The summed E-state index contributed by atoms with van der Waals surface area (Å²) in [5, 5.41) is 2.75. The average Bonchev–Trinajstić information content (AvgIpc) is 3.24. The van der Waals surface area contributed by atoms with E-state index in [0.29, 0.717) is 19.4 Å². The summed E-state index contributed by atoms with van der Waals surface area (Å²) in [4.78, 5) is 37.9. The number of carbonyl (C=O) groups excluding carboxylic acids is 3. The van der Waals surface area contributed by atoms with Gasteiger partial charge >= 0.3 is 20.2 Å². The smallest absolute Gasteiger partial charge is 0.459 e. The van der Waals surface area contributed by atoms with E-state index in [4.69, 9.17) is 28.0 Å². The number of nitrogens with one attached hydrogen (secondary N) is 1. The molecule has 2 unspecified atom stereocenters. The first-order valence-electron chi connectivity index (χ1n) is 25.9. The highest BCUT2D eigenvalue weighted by Crippen LogP contribution is 2.27. The van der Waals surface area contributed by atoms with E-state index in [-0.39, 0.29) is 50.5 Å². The van der Waals surface area contributed by atoms with E-state index in [9.17, 15) is 18.9 Å². The Labute approximate surface area is 388 Å². The van der Waals surface area contributed by atoms with Crippen molar-refractivity contribution in [2.24, 2.45) is 0 Å². The Balaban J connectivity index is 4.56. The predicted molar refractivity (Wildman–Crippen MR) is 258 cm³/mol. The van der Waals surface area contributed by atoms with Gasteiger partial charge in [-0.1, -0.05) is 198 Å². The third kappa shape index (κ3) is 44.0. The first-order valence-corrected chi connectivity index (χ1v) is 27.0. The normalized spacial score (nSPS) is 12.7. The van der Waals surface area contributed by atoms with Crippen molar-refractivity contribution in [2.45, 2.75) is 277 Å². The van der Waals surface area contributed by atoms with Crippen molar-refractivity contribution in [2.75, 3.05) is 33.5 Å². The van der Waals surface area contributed by atoms with Crippen LogP contribution < -0.4 is 5.32 Å². The van der Waals surface area contributed by atoms with Crippen LogP contribution >= 0.6 is 8.25 Å². The molecule has 0 radical (unpaired) electrons. The first kappa shape index (κ1) is 61.4. The number of ether oxygens (including phenoxy) is 4. The lowest BCUT2D eigenvalue weighted by molar-refractivity contribution is -0.177. The third-order valence-electron chi connectivity index (χ3n) is 11.8. The molecule has 0 aromatic heterocycles. The molecule has 11 nitrogen and oxygen atoms in total. The fourth-order valence-electron chi connectivity index (χ4n) is 7.42. The molecule has 0 saturated carbocycles. The van der Waals surface area contributed by atoms with E-state index in [0.717, 1.165) is 38.5 Å². The van der Waals surface area contributed by atoms with Crippen molar-refractivity contribution in [1.29, 1.82) is 0 Å². The number of hydrogen-bond donors (Lipinski definition) is 1. The van der Waals surface area contributed by atoms with Gasteiger partial charge in [0.15, 0.2) is 6.61 Å². The third-order valence-corrected chi connectivity index (χ3v) is 12.6. The van der Waals surface area contributed by atoms with Gasteiger partial charge in [-0.05, 0) is 47.0 Å². The van der Waals surface area contributed by atoms with Crippen LogP contribution in [0.5, 0.6) is 0 Å². The second kappa shape index (κ2) is 43.0. The Hall–Kier alpha value is -1.65. The summed E-state index contributed by atoms with van der Waals surface area (Å²) >= 11 is 0. The fraction of sp³-hybridized carbons (Fsp3) is 0.941. The van der Waals surface area contributed by atoms with Crippen molar-refractivity contribution in [1.82, 2.24) is 5.32 Å². The lowest BCUT2D eigenvalue weighted by Crippen LogP contribution is -2.37. The number of unbranched alkanes of at least 4 members (excludes halogenated alkanes) is 28. The second-order valence-corrected chi connectivity index (χ2v) is 19.9. The zero-order chi connectivity index (χ0) is 46.7. The maximum Gasteiger partial charge on any atom is 0.701 e. The molecule has 0 saturated heterocycles.